The first-order valence-corrected chi connectivity index (χ1v) is 11.9. The molecule has 1 spiro atoms. The summed E-state index contributed by atoms with van der Waals surface area (Å²) in [6.45, 7) is 1.50. The van der Waals surface area contributed by atoms with Gasteiger partial charge in [0, 0.05) is 18.0 Å². The number of benzene rings is 2. The number of rotatable bonds is 5. The van der Waals surface area contributed by atoms with Crippen molar-refractivity contribution in [3.8, 4) is 0 Å². The SMILES string of the molecule is CNC(=O)[C@@H]1[C@H]2C(=O)N([C@H](C)CO)C(C(=O)Nc3ccc4ccccc4c3)C23CC[C@H]1S3. The molecule has 8 heteroatoms. The van der Waals surface area contributed by atoms with E-state index in [4.69, 9.17) is 0 Å². The molecule has 168 valence electrons. The third-order valence-corrected chi connectivity index (χ3v) is 9.24. The van der Waals surface area contributed by atoms with E-state index in [0.717, 1.165) is 17.2 Å². The molecule has 5 rings (SSSR count). The van der Waals surface area contributed by atoms with Crippen LogP contribution >= 0.6 is 11.8 Å². The van der Waals surface area contributed by atoms with Gasteiger partial charge in [0.25, 0.3) is 0 Å². The van der Waals surface area contributed by atoms with E-state index in [9.17, 15) is 19.5 Å². The van der Waals surface area contributed by atoms with E-state index < -0.39 is 28.7 Å². The molecule has 6 atom stereocenters. The van der Waals surface area contributed by atoms with E-state index in [1.807, 2.05) is 42.5 Å². The van der Waals surface area contributed by atoms with Crippen LogP contribution in [0.15, 0.2) is 42.5 Å². The number of amides is 3. The first kappa shape index (κ1) is 21.3. The smallest absolute Gasteiger partial charge is 0.248 e. The maximum Gasteiger partial charge on any atom is 0.248 e. The predicted octanol–water partition coefficient (Wildman–Crippen LogP) is 2.00. The summed E-state index contributed by atoms with van der Waals surface area (Å²) in [5.41, 5.74) is 0.665. The first-order valence-electron chi connectivity index (χ1n) is 11.0. The standard InChI is InChI=1S/C24H27N3O4S/c1-13(12-28)27-20(22(30)26-16-8-7-14-5-3-4-6-15(14)11-16)24-10-9-17(32-24)18(21(29)25-2)19(24)23(27)31/h3-8,11,13,17-20,28H,9-10,12H2,1-2H3,(H,25,29)(H,26,30)/t13-,17-,18+,19+,20?,24?/m1/s1. The monoisotopic (exact) mass is 453 g/mol. The Morgan fingerprint density at radius 2 is 1.97 bits per heavy atom. The van der Waals surface area contributed by atoms with Gasteiger partial charge in [-0.1, -0.05) is 30.3 Å². The average Bonchev–Trinajstić information content (AvgIpc) is 3.45. The second-order valence-corrected chi connectivity index (χ2v) is 10.6. The number of carbonyl (C=O) groups excluding carboxylic acids is 3. The van der Waals surface area contributed by atoms with Crippen molar-refractivity contribution < 1.29 is 19.5 Å². The van der Waals surface area contributed by atoms with Crippen LogP contribution in [-0.2, 0) is 14.4 Å². The van der Waals surface area contributed by atoms with Crippen LogP contribution < -0.4 is 10.6 Å². The van der Waals surface area contributed by atoms with E-state index in [2.05, 4.69) is 10.6 Å². The largest absolute Gasteiger partial charge is 0.394 e. The quantitative estimate of drug-likeness (QED) is 0.643. The minimum atomic E-state index is -0.738. The number of thioether (sulfide) groups is 1. The first-order chi connectivity index (χ1) is 15.4. The van der Waals surface area contributed by atoms with Gasteiger partial charge in [-0.15, -0.1) is 11.8 Å². The van der Waals surface area contributed by atoms with Crippen molar-refractivity contribution in [2.24, 2.45) is 11.8 Å². The fourth-order valence-corrected chi connectivity index (χ4v) is 8.10. The summed E-state index contributed by atoms with van der Waals surface area (Å²) in [7, 11) is 1.59. The summed E-state index contributed by atoms with van der Waals surface area (Å²) in [4.78, 5) is 41.5. The molecule has 3 fully saturated rings. The Balaban J connectivity index is 1.52. The van der Waals surface area contributed by atoms with Gasteiger partial charge in [0.2, 0.25) is 17.7 Å². The molecule has 2 bridgehead atoms. The van der Waals surface area contributed by atoms with Gasteiger partial charge in [-0.3, -0.25) is 14.4 Å². The number of aliphatic hydroxyl groups excluding tert-OH is 1. The third kappa shape index (κ3) is 2.96. The van der Waals surface area contributed by atoms with Crippen LogP contribution in [0.2, 0.25) is 0 Å². The van der Waals surface area contributed by atoms with E-state index in [1.165, 1.54) is 4.90 Å². The predicted molar refractivity (Wildman–Crippen MR) is 124 cm³/mol. The van der Waals surface area contributed by atoms with Crippen molar-refractivity contribution in [3.63, 3.8) is 0 Å². The summed E-state index contributed by atoms with van der Waals surface area (Å²) in [6.07, 6.45) is 1.50. The third-order valence-electron chi connectivity index (χ3n) is 7.29. The van der Waals surface area contributed by atoms with E-state index in [1.54, 1.807) is 25.7 Å². The second-order valence-electron chi connectivity index (χ2n) is 9.00. The maximum atomic E-state index is 13.7. The molecule has 3 saturated heterocycles. The second kappa shape index (κ2) is 7.78. The molecular weight excluding hydrogens is 426 g/mol. The molecule has 3 N–H and O–H groups in total. The molecular formula is C24H27N3O4S. The van der Waals surface area contributed by atoms with Crippen molar-refractivity contribution >= 4 is 45.9 Å². The molecule has 0 aromatic heterocycles. The number of nitrogens with one attached hydrogen (secondary N) is 2. The summed E-state index contributed by atoms with van der Waals surface area (Å²) >= 11 is 1.62. The van der Waals surface area contributed by atoms with Crippen LogP contribution in [0.25, 0.3) is 10.8 Å². The van der Waals surface area contributed by atoms with Gasteiger partial charge in [0.15, 0.2) is 0 Å². The Hall–Kier alpha value is -2.58. The Labute approximate surface area is 190 Å². The zero-order valence-electron chi connectivity index (χ0n) is 18.1. The number of aliphatic hydroxyl groups is 1. The molecule has 2 aromatic carbocycles. The molecule has 3 aliphatic rings. The van der Waals surface area contributed by atoms with E-state index >= 15 is 0 Å². The number of anilines is 1. The Morgan fingerprint density at radius 3 is 2.69 bits per heavy atom. The van der Waals surface area contributed by atoms with Gasteiger partial charge in [-0.05, 0) is 42.7 Å². The number of fused-ring (bicyclic) bond motifs is 2. The van der Waals surface area contributed by atoms with Gasteiger partial charge < -0.3 is 20.6 Å². The van der Waals surface area contributed by atoms with Gasteiger partial charge in [0.1, 0.15) is 6.04 Å². The Bertz CT molecular complexity index is 1110. The molecule has 3 amide bonds. The fraction of sp³-hybridized carbons (Fsp3) is 0.458. The number of likely N-dealkylation sites (tertiary alicyclic amines) is 1. The van der Waals surface area contributed by atoms with Crippen LogP contribution in [0, 0.1) is 11.8 Å². The lowest BCUT2D eigenvalue weighted by Gasteiger charge is -2.36. The Morgan fingerprint density at radius 1 is 1.22 bits per heavy atom. The van der Waals surface area contributed by atoms with Crippen molar-refractivity contribution in [3.05, 3.63) is 42.5 Å². The lowest BCUT2D eigenvalue weighted by Crippen LogP contribution is -2.54. The molecule has 0 saturated carbocycles. The number of nitrogens with zero attached hydrogens (tertiary/aromatic N) is 1. The lowest BCUT2D eigenvalue weighted by molar-refractivity contribution is -0.141. The van der Waals surface area contributed by atoms with Crippen molar-refractivity contribution in [2.45, 2.75) is 41.8 Å². The minimum absolute atomic E-state index is 0.0338. The molecule has 0 radical (unpaired) electrons. The molecule has 2 aromatic rings. The summed E-state index contributed by atoms with van der Waals surface area (Å²) in [5.74, 6) is -1.60. The van der Waals surface area contributed by atoms with Crippen LogP contribution in [0.3, 0.4) is 0 Å². The molecule has 7 nitrogen and oxygen atoms in total. The topological polar surface area (TPSA) is 98.7 Å². The van der Waals surface area contributed by atoms with E-state index in [0.29, 0.717) is 12.1 Å². The molecule has 2 unspecified atom stereocenters. The van der Waals surface area contributed by atoms with Crippen molar-refractivity contribution in [2.75, 3.05) is 19.0 Å². The zero-order chi connectivity index (χ0) is 22.6. The summed E-state index contributed by atoms with van der Waals surface area (Å²) < 4.78 is -0.650. The molecule has 0 aliphatic carbocycles. The summed E-state index contributed by atoms with van der Waals surface area (Å²) in [5, 5.41) is 17.7. The van der Waals surface area contributed by atoms with E-state index in [-0.39, 0.29) is 29.6 Å². The van der Waals surface area contributed by atoms with Gasteiger partial charge in [-0.25, -0.2) is 0 Å². The normalized spacial score (nSPS) is 31.6. The van der Waals surface area contributed by atoms with Crippen LogP contribution in [0.4, 0.5) is 5.69 Å². The van der Waals surface area contributed by atoms with Gasteiger partial charge >= 0.3 is 0 Å². The minimum Gasteiger partial charge on any atom is -0.394 e. The highest BCUT2D eigenvalue weighted by molar-refractivity contribution is 8.02. The molecule has 32 heavy (non-hydrogen) atoms. The summed E-state index contributed by atoms with van der Waals surface area (Å²) in [6, 6.07) is 12.4. The highest BCUT2D eigenvalue weighted by Crippen LogP contribution is 2.66. The van der Waals surface area contributed by atoms with Crippen LogP contribution in [0.1, 0.15) is 19.8 Å². The molecule has 3 heterocycles. The number of carbonyl (C=O) groups is 3. The highest BCUT2D eigenvalue weighted by Gasteiger charge is 2.73. The van der Waals surface area contributed by atoms with Crippen molar-refractivity contribution in [1.29, 1.82) is 0 Å². The van der Waals surface area contributed by atoms with Crippen molar-refractivity contribution in [1.82, 2.24) is 10.2 Å². The van der Waals surface area contributed by atoms with Gasteiger partial charge in [-0.2, -0.15) is 0 Å². The van der Waals surface area contributed by atoms with Crippen LogP contribution in [0.5, 0.6) is 0 Å². The maximum absolute atomic E-state index is 13.7. The fourth-order valence-electron chi connectivity index (χ4n) is 5.90. The highest BCUT2D eigenvalue weighted by atomic mass is 32.2. The van der Waals surface area contributed by atoms with Gasteiger partial charge in [0.05, 0.1) is 29.2 Å². The number of hydrogen-bond donors (Lipinski definition) is 3. The van der Waals surface area contributed by atoms with Crippen LogP contribution in [-0.4, -0.2) is 63.5 Å². The zero-order valence-corrected chi connectivity index (χ0v) is 18.9. The lowest BCUT2D eigenvalue weighted by atomic mass is 9.70. The average molecular weight is 454 g/mol. The molecule has 3 aliphatic heterocycles. The number of hydrogen-bond acceptors (Lipinski definition) is 5. The Kier molecular flexibility index (Phi) is 5.17.